The molecule has 0 saturated heterocycles. The molecule has 23 heavy (non-hydrogen) atoms. The van der Waals surface area contributed by atoms with Crippen molar-refractivity contribution in [1.29, 1.82) is 0 Å². The zero-order valence-corrected chi connectivity index (χ0v) is 14.0. The van der Waals surface area contributed by atoms with E-state index in [4.69, 9.17) is 11.6 Å². The summed E-state index contributed by atoms with van der Waals surface area (Å²) >= 11 is 4.08. The van der Waals surface area contributed by atoms with E-state index in [1.807, 2.05) is 0 Å². The SMILES string of the molecule is C[S+]([O-])c1cc(Cl)ccc1S(=O)(=O)c1cccc(C(F)(F)F)c1. The Morgan fingerprint density at radius 2 is 1.78 bits per heavy atom. The quantitative estimate of drug-likeness (QED) is 0.756. The van der Waals surface area contributed by atoms with Gasteiger partial charge in [0, 0.05) is 11.1 Å². The molecule has 2 aromatic carbocycles. The monoisotopic (exact) mass is 382 g/mol. The van der Waals surface area contributed by atoms with Crippen LogP contribution in [0.3, 0.4) is 0 Å². The minimum absolute atomic E-state index is 0.0603. The molecule has 1 unspecified atom stereocenters. The highest BCUT2D eigenvalue weighted by atomic mass is 35.5. The predicted molar refractivity (Wildman–Crippen MR) is 80.7 cm³/mol. The highest BCUT2D eigenvalue weighted by Gasteiger charge is 2.33. The molecule has 0 N–H and O–H groups in total. The number of hydrogen-bond donors (Lipinski definition) is 0. The summed E-state index contributed by atoms with van der Waals surface area (Å²) in [5.41, 5.74) is -1.08. The minimum Gasteiger partial charge on any atom is -0.612 e. The van der Waals surface area contributed by atoms with Gasteiger partial charge in [0.15, 0.2) is 4.90 Å². The van der Waals surface area contributed by atoms with Crippen LogP contribution in [-0.2, 0) is 27.2 Å². The molecule has 0 fully saturated rings. The van der Waals surface area contributed by atoms with Crippen molar-refractivity contribution < 1.29 is 26.1 Å². The number of halogens is 4. The van der Waals surface area contributed by atoms with Gasteiger partial charge in [0.05, 0.1) is 10.5 Å². The van der Waals surface area contributed by atoms with Crippen LogP contribution in [0.2, 0.25) is 5.02 Å². The predicted octanol–water partition coefficient (Wildman–Crippen LogP) is 3.93. The molecule has 0 spiro atoms. The summed E-state index contributed by atoms with van der Waals surface area (Å²) < 4.78 is 75.2. The molecule has 9 heteroatoms. The van der Waals surface area contributed by atoms with Gasteiger partial charge in [-0.15, -0.1) is 0 Å². The summed E-state index contributed by atoms with van der Waals surface area (Å²) in [4.78, 5) is -0.918. The molecule has 0 aromatic heterocycles. The van der Waals surface area contributed by atoms with Gasteiger partial charge in [0.25, 0.3) is 0 Å². The Labute approximate surface area is 139 Å². The first-order valence-corrected chi connectivity index (χ1v) is 9.51. The molecule has 0 aliphatic carbocycles. The van der Waals surface area contributed by atoms with E-state index < -0.39 is 37.6 Å². The number of benzene rings is 2. The molecule has 0 aliphatic heterocycles. The van der Waals surface area contributed by atoms with E-state index in [1.165, 1.54) is 18.4 Å². The normalized spacial score (nSPS) is 13.8. The third kappa shape index (κ3) is 3.82. The standard InChI is InChI=1S/C14H10ClF3O3S2/c1-22(19)12-8-10(15)5-6-13(12)23(20,21)11-4-2-3-9(7-11)14(16,17)18/h2-8H,1H3. The first-order chi connectivity index (χ1) is 10.5. The molecule has 124 valence electrons. The summed E-state index contributed by atoms with van der Waals surface area (Å²) in [6.07, 6.45) is -3.40. The maximum absolute atomic E-state index is 12.8. The topological polar surface area (TPSA) is 57.2 Å². The van der Waals surface area contributed by atoms with E-state index in [0.717, 1.165) is 24.3 Å². The van der Waals surface area contributed by atoms with E-state index in [1.54, 1.807) is 0 Å². The van der Waals surface area contributed by atoms with E-state index >= 15 is 0 Å². The largest absolute Gasteiger partial charge is 0.612 e. The number of rotatable bonds is 3. The summed E-state index contributed by atoms with van der Waals surface area (Å²) in [6.45, 7) is 0. The second kappa shape index (κ2) is 6.35. The average Bonchev–Trinajstić information content (AvgIpc) is 2.46. The number of hydrogen-bond acceptors (Lipinski definition) is 3. The zero-order valence-electron chi connectivity index (χ0n) is 11.6. The van der Waals surface area contributed by atoms with Crippen molar-refractivity contribution in [3.8, 4) is 0 Å². The molecule has 0 heterocycles. The smallest absolute Gasteiger partial charge is 0.416 e. The van der Waals surface area contributed by atoms with Gasteiger partial charge in [-0.2, -0.15) is 13.2 Å². The fraction of sp³-hybridized carbons (Fsp3) is 0.143. The van der Waals surface area contributed by atoms with Crippen LogP contribution >= 0.6 is 11.6 Å². The van der Waals surface area contributed by atoms with Crippen LogP contribution in [0, 0.1) is 0 Å². The average molecular weight is 383 g/mol. The Morgan fingerprint density at radius 1 is 1.13 bits per heavy atom. The lowest BCUT2D eigenvalue weighted by atomic mass is 10.2. The first-order valence-electron chi connectivity index (χ1n) is 6.09. The number of sulfone groups is 1. The molecule has 0 amide bonds. The van der Waals surface area contributed by atoms with Gasteiger partial charge in [-0.3, -0.25) is 0 Å². The fourth-order valence-corrected chi connectivity index (χ4v) is 4.82. The van der Waals surface area contributed by atoms with Gasteiger partial charge in [0.2, 0.25) is 9.84 Å². The third-order valence-corrected chi connectivity index (χ3v) is 6.11. The second-order valence-electron chi connectivity index (χ2n) is 4.57. The summed E-state index contributed by atoms with van der Waals surface area (Å²) in [6, 6.07) is 7.02. The van der Waals surface area contributed by atoms with E-state index in [2.05, 4.69) is 0 Å². The molecule has 3 nitrogen and oxygen atoms in total. The highest BCUT2D eigenvalue weighted by molar-refractivity contribution is 7.94. The molecule has 1 atom stereocenters. The highest BCUT2D eigenvalue weighted by Crippen LogP contribution is 2.34. The minimum atomic E-state index is -4.66. The van der Waals surface area contributed by atoms with E-state index in [0.29, 0.717) is 6.07 Å². The van der Waals surface area contributed by atoms with Crippen LogP contribution in [0.25, 0.3) is 0 Å². The summed E-state index contributed by atoms with van der Waals surface area (Å²) in [5.74, 6) is 0. The molecular weight excluding hydrogens is 373 g/mol. The summed E-state index contributed by atoms with van der Waals surface area (Å²) in [7, 11) is -4.27. The van der Waals surface area contributed by atoms with Crippen LogP contribution in [0.1, 0.15) is 5.56 Å². The lowest BCUT2D eigenvalue weighted by molar-refractivity contribution is -0.137. The zero-order chi connectivity index (χ0) is 17.4. The van der Waals surface area contributed by atoms with Crippen LogP contribution in [-0.4, -0.2) is 19.2 Å². The second-order valence-corrected chi connectivity index (χ2v) is 8.28. The van der Waals surface area contributed by atoms with Gasteiger partial charge in [-0.25, -0.2) is 8.42 Å². The van der Waals surface area contributed by atoms with Gasteiger partial charge in [-0.05, 0) is 41.5 Å². The lowest BCUT2D eigenvalue weighted by Crippen LogP contribution is -2.11. The Balaban J connectivity index is 2.65. The maximum atomic E-state index is 12.8. The molecule has 0 radical (unpaired) electrons. The van der Waals surface area contributed by atoms with Crippen molar-refractivity contribution in [3.05, 3.63) is 53.1 Å². The Bertz CT molecular complexity index is 833. The number of alkyl halides is 3. The Morgan fingerprint density at radius 3 is 2.35 bits per heavy atom. The molecule has 0 aliphatic rings. The van der Waals surface area contributed by atoms with Gasteiger partial charge >= 0.3 is 6.18 Å². The van der Waals surface area contributed by atoms with Crippen LogP contribution in [0.4, 0.5) is 13.2 Å². The van der Waals surface area contributed by atoms with E-state index in [9.17, 15) is 26.1 Å². The fourth-order valence-electron chi connectivity index (χ4n) is 1.90. The first kappa shape index (κ1) is 18.1. The van der Waals surface area contributed by atoms with Gasteiger partial charge in [0.1, 0.15) is 11.2 Å². The van der Waals surface area contributed by atoms with Crippen LogP contribution in [0.5, 0.6) is 0 Å². The van der Waals surface area contributed by atoms with Crippen molar-refractivity contribution in [2.45, 2.75) is 20.9 Å². The molecule has 2 aromatic rings. The molecule has 0 bridgehead atoms. The third-order valence-electron chi connectivity index (χ3n) is 2.98. The molecular formula is C14H10ClF3O3S2. The molecule has 2 rings (SSSR count). The van der Waals surface area contributed by atoms with Crippen molar-refractivity contribution in [3.63, 3.8) is 0 Å². The van der Waals surface area contributed by atoms with Gasteiger partial charge < -0.3 is 4.55 Å². The lowest BCUT2D eigenvalue weighted by Gasteiger charge is -2.13. The van der Waals surface area contributed by atoms with Crippen molar-refractivity contribution in [1.82, 2.24) is 0 Å². The van der Waals surface area contributed by atoms with Crippen LogP contribution in [0.15, 0.2) is 57.2 Å². The van der Waals surface area contributed by atoms with Crippen LogP contribution < -0.4 is 0 Å². The van der Waals surface area contributed by atoms with Crippen molar-refractivity contribution >= 4 is 32.6 Å². The van der Waals surface area contributed by atoms with Gasteiger partial charge in [-0.1, -0.05) is 17.7 Å². The Kier molecular flexibility index (Phi) is 5.00. The van der Waals surface area contributed by atoms with Crippen molar-refractivity contribution in [2.24, 2.45) is 0 Å². The Hall–Kier alpha value is -1.22. The summed E-state index contributed by atoms with van der Waals surface area (Å²) in [5, 5.41) is 0.179. The van der Waals surface area contributed by atoms with E-state index in [-0.39, 0.29) is 14.8 Å². The van der Waals surface area contributed by atoms with Crippen molar-refractivity contribution in [2.75, 3.05) is 6.26 Å². The maximum Gasteiger partial charge on any atom is 0.416 e. The molecule has 0 saturated carbocycles.